The number of anilines is 1. The van der Waals surface area contributed by atoms with Crippen LogP contribution in [0.4, 0.5) is 5.69 Å². The van der Waals surface area contributed by atoms with E-state index in [1.165, 1.54) is 14.2 Å². The molecule has 0 aliphatic rings. The number of amides is 1. The molecule has 1 unspecified atom stereocenters. The molecule has 0 radical (unpaired) electrons. The average molecular weight is 366 g/mol. The summed E-state index contributed by atoms with van der Waals surface area (Å²) >= 11 is 0.976. The van der Waals surface area contributed by atoms with E-state index in [4.69, 9.17) is 9.47 Å². The Hall–Kier alpha value is -2.75. The monoisotopic (exact) mass is 366 g/mol. The van der Waals surface area contributed by atoms with Gasteiger partial charge in [0.05, 0.1) is 19.5 Å². The quantitative estimate of drug-likeness (QED) is 0.624. The van der Waals surface area contributed by atoms with Gasteiger partial charge >= 0.3 is 5.69 Å². The number of thioether (sulfide) groups is 1. The van der Waals surface area contributed by atoms with Crippen LogP contribution in [0.2, 0.25) is 0 Å². The topological polar surface area (TPSA) is 126 Å². The molecule has 9 nitrogen and oxygen atoms in total. The van der Waals surface area contributed by atoms with E-state index in [0.717, 1.165) is 11.8 Å². The summed E-state index contributed by atoms with van der Waals surface area (Å²) in [7, 11) is 3.02. The summed E-state index contributed by atoms with van der Waals surface area (Å²) < 4.78 is 10.3. The van der Waals surface area contributed by atoms with E-state index in [2.05, 4.69) is 20.5 Å². The second kappa shape index (κ2) is 8.38. The van der Waals surface area contributed by atoms with Gasteiger partial charge in [0, 0.05) is 11.8 Å². The van der Waals surface area contributed by atoms with E-state index in [1.807, 2.05) is 6.92 Å². The maximum absolute atomic E-state index is 12.5. The third kappa shape index (κ3) is 4.63. The molecule has 0 fully saturated rings. The van der Waals surface area contributed by atoms with E-state index >= 15 is 0 Å². The van der Waals surface area contributed by atoms with E-state index in [1.54, 1.807) is 18.2 Å². The van der Waals surface area contributed by atoms with Crippen LogP contribution < -0.4 is 26.0 Å². The van der Waals surface area contributed by atoms with E-state index < -0.39 is 16.5 Å². The molecular weight excluding hydrogens is 348 g/mol. The Morgan fingerprint density at radius 2 is 2.00 bits per heavy atom. The summed E-state index contributed by atoms with van der Waals surface area (Å²) in [6.07, 6.45) is 0.462. The molecule has 2 rings (SSSR count). The van der Waals surface area contributed by atoms with Crippen LogP contribution >= 0.6 is 11.8 Å². The summed E-state index contributed by atoms with van der Waals surface area (Å²) in [6, 6.07) is 5.00. The highest BCUT2D eigenvalue weighted by atomic mass is 32.2. The molecule has 0 bridgehead atoms. The highest BCUT2D eigenvalue weighted by Crippen LogP contribution is 2.30. The molecule has 3 N–H and O–H groups in total. The number of nitrogens with one attached hydrogen (secondary N) is 3. The number of hydrogen-bond donors (Lipinski definition) is 3. The zero-order chi connectivity index (χ0) is 18.4. The SMILES string of the molecule is CCC(Sc1n[nH]c(=O)[nH]c1=O)C(=O)Nc1ccc(OC)c(OC)c1. The normalized spacial score (nSPS) is 11.6. The van der Waals surface area contributed by atoms with Gasteiger partial charge in [-0.1, -0.05) is 18.7 Å². The molecule has 1 aromatic heterocycles. The lowest BCUT2D eigenvalue weighted by atomic mass is 10.2. The fourth-order valence-corrected chi connectivity index (χ4v) is 2.87. The highest BCUT2D eigenvalue weighted by Gasteiger charge is 2.21. The van der Waals surface area contributed by atoms with Gasteiger partial charge in [-0.3, -0.25) is 14.6 Å². The molecular formula is C15H18N4O5S. The predicted octanol–water partition coefficient (Wildman–Crippen LogP) is 0.985. The van der Waals surface area contributed by atoms with Crippen molar-refractivity contribution in [2.75, 3.05) is 19.5 Å². The minimum absolute atomic E-state index is 0.0221. The Morgan fingerprint density at radius 3 is 2.60 bits per heavy atom. The Kier molecular flexibility index (Phi) is 6.23. The first-order valence-corrected chi connectivity index (χ1v) is 8.25. The number of carbonyl (C=O) groups excluding carboxylic acids is 1. The molecule has 25 heavy (non-hydrogen) atoms. The standard InChI is InChI=1S/C15H18N4O5S/c1-4-11(25-14-13(21)17-15(22)19-18-14)12(20)16-8-5-6-9(23-2)10(7-8)24-3/h5-7,11H,4H2,1-3H3,(H,16,20)(H2,17,19,21,22). The molecule has 2 aromatic rings. The van der Waals surface area contributed by atoms with Crippen LogP contribution in [0.1, 0.15) is 13.3 Å². The first kappa shape index (κ1) is 18.6. The zero-order valence-corrected chi connectivity index (χ0v) is 14.7. The summed E-state index contributed by atoms with van der Waals surface area (Å²) in [6.45, 7) is 1.81. The first-order valence-electron chi connectivity index (χ1n) is 7.37. The third-order valence-corrected chi connectivity index (χ3v) is 4.58. The molecule has 1 amide bonds. The van der Waals surface area contributed by atoms with Gasteiger partial charge in [-0.2, -0.15) is 5.10 Å². The molecule has 1 aromatic carbocycles. The summed E-state index contributed by atoms with van der Waals surface area (Å²) in [5, 5.41) is 8.04. The maximum Gasteiger partial charge on any atom is 0.342 e. The summed E-state index contributed by atoms with van der Waals surface area (Å²) in [5.41, 5.74) is -0.798. The number of ether oxygens (including phenoxy) is 2. The molecule has 0 aliphatic heterocycles. The fourth-order valence-electron chi connectivity index (χ4n) is 2.01. The molecule has 134 valence electrons. The lowest BCUT2D eigenvalue weighted by Crippen LogP contribution is -2.29. The van der Waals surface area contributed by atoms with Crippen LogP contribution in [0, 0.1) is 0 Å². The van der Waals surface area contributed by atoms with Crippen LogP contribution in [0.25, 0.3) is 0 Å². The molecule has 0 spiro atoms. The van der Waals surface area contributed by atoms with Crippen molar-refractivity contribution >= 4 is 23.4 Å². The number of methoxy groups -OCH3 is 2. The summed E-state index contributed by atoms with van der Waals surface area (Å²) in [4.78, 5) is 37.2. The van der Waals surface area contributed by atoms with E-state index in [0.29, 0.717) is 23.6 Å². The lowest BCUT2D eigenvalue weighted by molar-refractivity contribution is -0.115. The molecule has 0 saturated heterocycles. The molecule has 10 heteroatoms. The van der Waals surface area contributed by atoms with Gasteiger partial charge in [0.25, 0.3) is 5.56 Å². The van der Waals surface area contributed by atoms with Gasteiger partial charge in [0.15, 0.2) is 16.5 Å². The Labute approximate surface area is 147 Å². The number of H-pyrrole nitrogens is 2. The second-order valence-electron chi connectivity index (χ2n) is 4.89. The molecule has 1 heterocycles. The Bertz CT molecular complexity index is 863. The number of rotatable bonds is 7. The molecule has 0 saturated carbocycles. The minimum atomic E-state index is -0.697. The third-order valence-electron chi connectivity index (χ3n) is 3.25. The number of carbonyl (C=O) groups is 1. The average Bonchev–Trinajstić information content (AvgIpc) is 2.60. The number of nitrogens with zero attached hydrogens (tertiary/aromatic N) is 1. The van der Waals surface area contributed by atoms with E-state index in [9.17, 15) is 14.4 Å². The van der Waals surface area contributed by atoms with Gasteiger partial charge in [0.1, 0.15) is 0 Å². The number of hydrogen-bond acceptors (Lipinski definition) is 7. The zero-order valence-electron chi connectivity index (χ0n) is 13.9. The van der Waals surface area contributed by atoms with Crippen molar-refractivity contribution in [3.63, 3.8) is 0 Å². The van der Waals surface area contributed by atoms with E-state index in [-0.39, 0.29) is 10.9 Å². The van der Waals surface area contributed by atoms with Crippen LogP contribution in [-0.2, 0) is 4.79 Å². The van der Waals surface area contributed by atoms with Crippen molar-refractivity contribution in [3.05, 3.63) is 39.0 Å². The largest absolute Gasteiger partial charge is 0.493 e. The van der Waals surface area contributed by atoms with Gasteiger partial charge in [-0.25, -0.2) is 9.89 Å². The van der Waals surface area contributed by atoms with Crippen LogP contribution in [0.3, 0.4) is 0 Å². The van der Waals surface area contributed by atoms with Gasteiger partial charge < -0.3 is 14.8 Å². The lowest BCUT2D eigenvalue weighted by Gasteiger charge is -2.15. The van der Waals surface area contributed by atoms with Crippen LogP contribution in [-0.4, -0.2) is 40.6 Å². The van der Waals surface area contributed by atoms with Crippen LogP contribution in [0.5, 0.6) is 11.5 Å². The predicted molar refractivity (Wildman–Crippen MR) is 93.6 cm³/mol. The smallest absolute Gasteiger partial charge is 0.342 e. The summed E-state index contributed by atoms with van der Waals surface area (Å²) in [5.74, 6) is 0.734. The Balaban J connectivity index is 2.14. The van der Waals surface area contributed by atoms with Crippen molar-refractivity contribution in [2.45, 2.75) is 23.6 Å². The van der Waals surface area contributed by atoms with Crippen molar-refractivity contribution in [1.82, 2.24) is 15.2 Å². The first-order chi connectivity index (χ1) is 12.0. The fraction of sp³-hybridized carbons (Fsp3) is 0.333. The van der Waals surface area contributed by atoms with Gasteiger partial charge in [-0.05, 0) is 18.6 Å². The van der Waals surface area contributed by atoms with Crippen molar-refractivity contribution in [1.29, 1.82) is 0 Å². The number of aromatic nitrogens is 3. The van der Waals surface area contributed by atoms with Crippen molar-refractivity contribution in [3.8, 4) is 11.5 Å². The molecule has 0 aliphatic carbocycles. The number of aromatic amines is 2. The van der Waals surface area contributed by atoms with Gasteiger partial charge in [-0.15, -0.1) is 0 Å². The molecule has 1 atom stereocenters. The maximum atomic E-state index is 12.5. The van der Waals surface area contributed by atoms with Crippen LogP contribution in [0.15, 0.2) is 32.8 Å². The highest BCUT2D eigenvalue weighted by molar-refractivity contribution is 8.00. The van der Waals surface area contributed by atoms with Crippen molar-refractivity contribution in [2.24, 2.45) is 0 Å². The van der Waals surface area contributed by atoms with Crippen molar-refractivity contribution < 1.29 is 14.3 Å². The minimum Gasteiger partial charge on any atom is -0.493 e. The Morgan fingerprint density at radius 1 is 1.28 bits per heavy atom. The van der Waals surface area contributed by atoms with Gasteiger partial charge in [0.2, 0.25) is 5.91 Å². The number of benzene rings is 1. The second-order valence-corrected chi connectivity index (χ2v) is 6.08.